The third-order valence-corrected chi connectivity index (χ3v) is 5.03. The van der Waals surface area contributed by atoms with Crippen molar-refractivity contribution in [3.05, 3.63) is 57.0 Å². The van der Waals surface area contributed by atoms with Crippen molar-refractivity contribution in [2.75, 3.05) is 0 Å². The molecule has 0 spiro atoms. The highest BCUT2D eigenvalue weighted by Gasteiger charge is 2.40. The summed E-state index contributed by atoms with van der Waals surface area (Å²) < 4.78 is 1.36. The molecule has 0 bridgehead atoms. The van der Waals surface area contributed by atoms with Crippen LogP contribution in [0.1, 0.15) is 53.1 Å². The number of Topliss-reactive ketones (excluding diaryl/α,β-unsaturated/α-hetero) is 2. The molecule has 2 aliphatic rings. The van der Waals surface area contributed by atoms with Crippen LogP contribution in [0.4, 0.5) is 0 Å². The molecule has 2 atom stereocenters. The molecule has 0 radical (unpaired) electrons. The third kappa shape index (κ3) is 2.80. The molecule has 3 rings (SSSR count). The van der Waals surface area contributed by atoms with Crippen LogP contribution in [-0.2, 0) is 6.54 Å². The van der Waals surface area contributed by atoms with E-state index in [1.165, 1.54) is 10.6 Å². The maximum Gasteiger partial charge on any atom is 0.251 e. The molecule has 2 heterocycles. The topological polar surface area (TPSA) is 88.7 Å². The van der Waals surface area contributed by atoms with Gasteiger partial charge in [0, 0.05) is 19.0 Å². The van der Waals surface area contributed by atoms with Gasteiger partial charge in [0.15, 0.2) is 5.78 Å². The molecule has 1 aliphatic heterocycles. The highest BCUT2D eigenvalue weighted by Crippen LogP contribution is 2.31. The minimum atomic E-state index is -1.04. The smallest absolute Gasteiger partial charge is 0.251 e. The first kappa shape index (κ1) is 18.2. The molecule has 6 nitrogen and oxygen atoms in total. The van der Waals surface area contributed by atoms with Crippen LogP contribution in [0.3, 0.4) is 0 Å². The number of aromatic nitrogens is 1. The van der Waals surface area contributed by atoms with Crippen molar-refractivity contribution in [3.8, 4) is 0 Å². The zero-order valence-electron chi connectivity index (χ0n) is 15.2. The second-order valence-corrected chi connectivity index (χ2v) is 7.02. The highest BCUT2D eigenvalue weighted by molar-refractivity contribution is 6.61. The van der Waals surface area contributed by atoms with Crippen LogP contribution < -0.4 is 5.56 Å². The number of aliphatic imine (C=N–C) groups is 1. The van der Waals surface area contributed by atoms with Gasteiger partial charge in [-0.3, -0.25) is 14.4 Å². The Morgan fingerprint density at radius 1 is 1.35 bits per heavy atom. The van der Waals surface area contributed by atoms with E-state index in [0.717, 1.165) is 0 Å². The molecular weight excluding hydrogens is 332 g/mol. The van der Waals surface area contributed by atoms with Crippen LogP contribution in [0.15, 0.2) is 39.7 Å². The fraction of sp³-hybridized carbons (Fsp3) is 0.400. The van der Waals surface area contributed by atoms with Crippen LogP contribution in [0.2, 0.25) is 0 Å². The van der Waals surface area contributed by atoms with Gasteiger partial charge in [0.2, 0.25) is 5.78 Å². The standard InChI is InChI=1S/C20H22N2O4/c1-5-10(2)6-7-22-14(24)9-12(4)16-18(22)20(26)17-15(19(16)25)11(3)8-13(23)21-17/h5,9-10,13,23H,1,6-8H2,2-4H3. The average Bonchev–Trinajstić information content (AvgIpc) is 2.57. The number of aliphatic hydroxyl groups excluding tert-OH is 1. The molecule has 136 valence electrons. The van der Waals surface area contributed by atoms with Crippen molar-refractivity contribution < 1.29 is 14.7 Å². The van der Waals surface area contributed by atoms with Gasteiger partial charge in [-0.25, -0.2) is 4.99 Å². The third-order valence-electron chi connectivity index (χ3n) is 5.03. The van der Waals surface area contributed by atoms with Crippen molar-refractivity contribution in [1.82, 2.24) is 4.57 Å². The Bertz CT molecular complexity index is 949. The van der Waals surface area contributed by atoms with Gasteiger partial charge >= 0.3 is 0 Å². The Morgan fingerprint density at radius 3 is 2.69 bits per heavy atom. The lowest BCUT2D eigenvalue weighted by Crippen LogP contribution is -2.41. The van der Waals surface area contributed by atoms with Gasteiger partial charge in [-0.2, -0.15) is 0 Å². The first-order chi connectivity index (χ1) is 12.3. The molecule has 1 aromatic rings. The van der Waals surface area contributed by atoms with Gasteiger partial charge in [-0.1, -0.05) is 18.6 Å². The molecule has 1 aromatic heterocycles. The summed E-state index contributed by atoms with van der Waals surface area (Å²) in [5.41, 5.74) is 1.39. The van der Waals surface area contributed by atoms with Crippen LogP contribution in [0, 0.1) is 12.8 Å². The largest absolute Gasteiger partial charge is 0.371 e. The maximum atomic E-state index is 13.1. The van der Waals surface area contributed by atoms with E-state index in [1.807, 2.05) is 6.92 Å². The lowest BCUT2D eigenvalue weighted by molar-refractivity contribution is 0.0981. The van der Waals surface area contributed by atoms with E-state index in [2.05, 4.69) is 11.6 Å². The van der Waals surface area contributed by atoms with Crippen LogP contribution >= 0.6 is 0 Å². The number of pyridine rings is 1. The maximum absolute atomic E-state index is 13.1. The zero-order valence-corrected chi connectivity index (χ0v) is 15.2. The Morgan fingerprint density at radius 2 is 2.04 bits per heavy atom. The van der Waals surface area contributed by atoms with Crippen molar-refractivity contribution in [2.24, 2.45) is 10.9 Å². The molecule has 0 saturated heterocycles. The summed E-state index contributed by atoms with van der Waals surface area (Å²) in [6.07, 6.45) is 1.59. The zero-order chi connectivity index (χ0) is 19.2. The summed E-state index contributed by atoms with van der Waals surface area (Å²) in [6, 6.07) is 1.40. The van der Waals surface area contributed by atoms with Gasteiger partial charge in [0.05, 0.1) is 11.1 Å². The minimum Gasteiger partial charge on any atom is -0.371 e. The second kappa shape index (κ2) is 6.61. The first-order valence-corrected chi connectivity index (χ1v) is 8.68. The number of dihydropyridines is 1. The molecule has 0 aromatic carbocycles. The summed E-state index contributed by atoms with van der Waals surface area (Å²) in [5.74, 6) is -0.606. The van der Waals surface area contributed by atoms with E-state index >= 15 is 0 Å². The number of hydrogen-bond acceptors (Lipinski definition) is 5. The molecule has 0 fully saturated rings. The van der Waals surface area contributed by atoms with Crippen molar-refractivity contribution >= 4 is 17.3 Å². The number of rotatable bonds is 4. The van der Waals surface area contributed by atoms with E-state index < -0.39 is 12.0 Å². The second-order valence-electron chi connectivity index (χ2n) is 7.02. The van der Waals surface area contributed by atoms with Gasteiger partial charge in [0.25, 0.3) is 5.56 Å². The lowest BCUT2D eigenvalue weighted by Gasteiger charge is -2.28. The van der Waals surface area contributed by atoms with Crippen molar-refractivity contribution in [2.45, 2.75) is 46.4 Å². The van der Waals surface area contributed by atoms with E-state index in [-0.39, 0.29) is 46.2 Å². The molecule has 2 unspecified atom stereocenters. The van der Waals surface area contributed by atoms with E-state index in [0.29, 0.717) is 24.1 Å². The van der Waals surface area contributed by atoms with Crippen LogP contribution in [0.25, 0.3) is 0 Å². The van der Waals surface area contributed by atoms with Crippen LogP contribution in [-0.4, -0.2) is 33.2 Å². The molecule has 0 amide bonds. The number of carbonyl (C=O) groups is 2. The average molecular weight is 354 g/mol. The summed E-state index contributed by atoms with van der Waals surface area (Å²) in [4.78, 5) is 42.7. The summed E-state index contributed by atoms with van der Waals surface area (Å²) in [5, 5.41) is 9.89. The molecule has 0 saturated carbocycles. The number of nitrogens with zero attached hydrogens (tertiary/aromatic N) is 2. The Balaban J connectivity index is 2.24. The van der Waals surface area contributed by atoms with Crippen molar-refractivity contribution in [1.29, 1.82) is 0 Å². The fourth-order valence-corrected chi connectivity index (χ4v) is 3.51. The normalized spacial score (nSPS) is 20.5. The molecule has 6 heteroatoms. The quantitative estimate of drug-likeness (QED) is 0.840. The Hall–Kier alpha value is -2.60. The van der Waals surface area contributed by atoms with Crippen molar-refractivity contribution in [3.63, 3.8) is 0 Å². The summed E-state index contributed by atoms with van der Waals surface area (Å²) >= 11 is 0. The predicted molar refractivity (Wildman–Crippen MR) is 98.8 cm³/mol. The van der Waals surface area contributed by atoms with Gasteiger partial charge in [0.1, 0.15) is 17.6 Å². The number of fused-ring (bicyclic) bond motifs is 2. The number of allylic oxidation sites excluding steroid dienone is 2. The minimum absolute atomic E-state index is 0.0331. The van der Waals surface area contributed by atoms with Gasteiger partial charge in [-0.15, -0.1) is 6.58 Å². The van der Waals surface area contributed by atoms with Gasteiger partial charge < -0.3 is 9.67 Å². The fourth-order valence-electron chi connectivity index (χ4n) is 3.51. The van der Waals surface area contributed by atoms with E-state index in [4.69, 9.17) is 0 Å². The van der Waals surface area contributed by atoms with E-state index in [9.17, 15) is 19.5 Å². The number of carbonyl (C=O) groups excluding carboxylic acids is 2. The van der Waals surface area contributed by atoms with E-state index in [1.54, 1.807) is 19.9 Å². The molecule has 1 aliphatic carbocycles. The summed E-state index contributed by atoms with van der Waals surface area (Å²) in [6.45, 7) is 9.40. The Labute approximate surface area is 151 Å². The molecular formula is C20H22N2O4. The highest BCUT2D eigenvalue weighted by atomic mass is 16.3. The SMILES string of the molecule is C=CC(C)CCn1c2c(c(C)cc1=O)C(=O)C1=C(C)CC(O)N=C1C2=O. The number of ketones is 2. The number of aliphatic hydroxyl groups is 1. The number of aryl methyl sites for hydroxylation is 1. The Kier molecular flexibility index (Phi) is 4.63. The molecule has 1 N–H and O–H groups in total. The summed E-state index contributed by atoms with van der Waals surface area (Å²) in [7, 11) is 0. The number of hydrogen-bond donors (Lipinski definition) is 1. The molecule has 26 heavy (non-hydrogen) atoms. The lowest BCUT2D eigenvalue weighted by atomic mass is 9.80. The van der Waals surface area contributed by atoms with Gasteiger partial charge in [-0.05, 0) is 31.7 Å². The monoisotopic (exact) mass is 354 g/mol. The predicted octanol–water partition coefficient (Wildman–Crippen LogP) is 2.23. The first-order valence-electron chi connectivity index (χ1n) is 8.68. The van der Waals surface area contributed by atoms with Crippen LogP contribution in [0.5, 0.6) is 0 Å².